The number of hydrogen-bond acceptors (Lipinski definition) is 2. The molecule has 80 valence electrons. The molecule has 0 aromatic heterocycles. The number of carbonyl (C=O) groups is 1. The molecule has 2 rings (SSSR count). The third kappa shape index (κ3) is 2.06. The second-order valence-electron chi connectivity index (χ2n) is 4.03. The Labute approximate surface area is 94.6 Å². The van der Waals surface area contributed by atoms with Crippen LogP contribution in [0.3, 0.4) is 0 Å². The highest BCUT2D eigenvalue weighted by Crippen LogP contribution is 2.31. The summed E-state index contributed by atoms with van der Waals surface area (Å²) in [6.07, 6.45) is 2.84. The fourth-order valence-corrected chi connectivity index (χ4v) is 2.26. The van der Waals surface area contributed by atoms with E-state index in [0.717, 1.165) is 37.8 Å². The largest absolute Gasteiger partial charge is 0.317 e. The van der Waals surface area contributed by atoms with Crippen LogP contribution >= 0.6 is 11.6 Å². The maximum absolute atomic E-state index is 11.3. The molecule has 1 fully saturated rings. The summed E-state index contributed by atoms with van der Waals surface area (Å²) >= 11 is 5.84. The monoisotopic (exact) mass is 223 g/mol. The molecule has 1 saturated heterocycles. The molecular formula is C12H14ClNO. The van der Waals surface area contributed by atoms with Crippen LogP contribution in [-0.4, -0.2) is 19.4 Å². The lowest BCUT2D eigenvalue weighted by molar-refractivity contribution is -0.113. The molecule has 0 atom stereocenters. The lowest BCUT2D eigenvalue weighted by Crippen LogP contribution is -2.40. The topological polar surface area (TPSA) is 29.1 Å². The van der Waals surface area contributed by atoms with Gasteiger partial charge in [-0.2, -0.15) is 0 Å². The minimum Gasteiger partial charge on any atom is -0.317 e. The van der Waals surface area contributed by atoms with E-state index in [0.29, 0.717) is 5.02 Å². The van der Waals surface area contributed by atoms with Gasteiger partial charge in [-0.25, -0.2) is 0 Å². The van der Waals surface area contributed by atoms with E-state index in [4.69, 9.17) is 11.6 Å². The Morgan fingerprint density at radius 2 is 1.80 bits per heavy atom. The van der Waals surface area contributed by atoms with Crippen LogP contribution in [0.4, 0.5) is 0 Å². The highest BCUT2D eigenvalue weighted by atomic mass is 35.5. The highest BCUT2D eigenvalue weighted by molar-refractivity contribution is 6.30. The van der Waals surface area contributed by atoms with Crippen molar-refractivity contribution in [2.24, 2.45) is 0 Å². The summed E-state index contributed by atoms with van der Waals surface area (Å²) in [4.78, 5) is 11.3. The van der Waals surface area contributed by atoms with Crippen molar-refractivity contribution in [3.05, 3.63) is 34.9 Å². The molecule has 2 nitrogen and oxygen atoms in total. The van der Waals surface area contributed by atoms with Crippen LogP contribution in [0.2, 0.25) is 5.02 Å². The number of carbonyl (C=O) groups excluding carboxylic acids is 1. The van der Waals surface area contributed by atoms with Gasteiger partial charge in [0.2, 0.25) is 0 Å². The molecule has 0 radical (unpaired) electrons. The number of benzene rings is 1. The van der Waals surface area contributed by atoms with Crippen LogP contribution in [0.5, 0.6) is 0 Å². The minimum absolute atomic E-state index is 0.296. The number of piperidine rings is 1. The fraction of sp³-hybridized carbons (Fsp3) is 0.417. The zero-order valence-electron chi connectivity index (χ0n) is 8.50. The van der Waals surface area contributed by atoms with Crippen molar-refractivity contribution in [1.29, 1.82) is 0 Å². The van der Waals surface area contributed by atoms with Crippen LogP contribution < -0.4 is 5.32 Å². The Balaban J connectivity index is 2.32. The minimum atomic E-state index is -0.296. The Hall–Kier alpha value is -0.860. The molecule has 3 heteroatoms. The lowest BCUT2D eigenvalue weighted by Gasteiger charge is -2.33. The molecule has 15 heavy (non-hydrogen) atoms. The zero-order chi connectivity index (χ0) is 10.7. The first-order valence-electron chi connectivity index (χ1n) is 5.20. The Kier molecular flexibility index (Phi) is 3.08. The van der Waals surface area contributed by atoms with Gasteiger partial charge in [-0.1, -0.05) is 23.7 Å². The van der Waals surface area contributed by atoms with Gasteiger partial charge >= 0.3 is 0 Å². The molecule has 0 amide bonds. The maximum Gasteiger partial charge on any atom is 0.130 e. The van der Waals surface area contributed by atoms with E-state index in [1.54, 1.807) is 0 Å². The van der Waals surface area contributed by atoms with E-state index in [2.05, 4.69) is 5.32 Å². The van der Waals surface area contributed by atoms with Gasteiger partial charge in [0.15, 0.2) is 0 Å². The summed E-state index contributed by atoms with van der Waals surface area (Å²) < 4.78 is 0. The number of hydrogen-bond donors (Lipinski definition) is 1. The number of halogens is 1. The van der Waals surface area contributed by atoms with E-state index in [-0.39, 0.29) is 5.41 Å². The van der Waals surface area contributed by atoms with E-state index in [1.165, 1.54) is 0 Å². The van der Waals surface area contributed by atoms with Crippen LogP contribution in [0, 0.1) is 0 Å². The summed E-state index contributed by atoms with van der Waals surface area (Å²) in [5.74, 6) is 0. The number of rotatable bonds is 2. The van der Waals surface area contributed by atoms with Gasteiger partial charge in [-0.15, -0.1) is 0 Å². The van der Waals surface area contributed by atoms with E-state index in [1.807, 2.05) is 24.3 Å². The molecule has 1 N–H and O–H groups in total. The van der Waals surface area contributed by atoms with E-state index in [9.17, 15) is 4.79 Å². The van der Waals surface area contributed by atoms with Gasteiger partial charge < -0.3 is 10.1 Å². The summed E-state index contributed by atoms with van der Waals surface area (Å²) in [7, 11) is 0. The molecular weight excluding hydrogens is 210 g/mol. The van der Waals surface area contributed by atoms with Gasteiger partial charge in [0.05, 0.1) is 5.41 Å². The highest BCUT2D eigenvalue weighted by Gasteiger charge is 2.33. The Morgan fingerprint density at radius 3 is 2.33 bits per heavy atom. The van der Waals surface area contributed by atoms with E-state index >= 15 is 0 Å². The molecule has 1 aliphatic rings. The van der Waals surface area contributed by atoms with Gasteiger partial charge in [0.1, 0.15) is 6.29 Å². The molecule has 1 aliphatic heterocycles. The fourth-order valence-electron chi connectivity index (χ4n) is 2.13. The number of nitrogens with one attached hydrogen (secondary N) is 1. The SMILES string of the molecule is O=CC1(c2ccc(Cl)cc2)CCNCC1. The van der Waals surface area contributed by atoms with Crippen LogP contribution in [0.25, 0.3) is 0 Å². The smallest absolute Gasteiger partial charge is 0.130 e. The molecule has 0 spiro atoms. The summed E-state index contributed by atoms with van der Waals surface area (Å²) in [5, 5.41) is 3.99. The van der Waals surface area contributed by atoms with Gasteiger partial charge in [0.25, 0.3) is 0 Å². The number of aldehydes is 1. The molecule has 0 saturated carbocycles. The van der Waals surface area contributed by atoms with Gasteiger partial charge in [0, 0.05) is 5.02 Å². The third-order valence-electron chi connectivity index (χ3n) is 3.14. The molecule has 0 aliphatic carbocycles. The van der Waals surface area contributed by atoms with Crippen LogP contribution in [0.15, 0.2) is 24.3 Å². The first kappa shape index (κ1) is 10.7. The first-order chi connectivity index (χ1) is 7.27. The summed E-state index contributed by atoms with van der Waals surface area (Å²) in [6, 6.07) is 7.62. The molecule has 1 aromatic rings. The van der Waals surface area contributed by atoms with Crippen molar-refractivity contribution in [2.75, 3.05) is 13.1 Å². The molecule has 0 bridgehead atoms. The standard InChI is InChI=1S/C12H14ClNO/c13-11-3-1-10(2-4-11)12(9-15)5-7-14-8-6-12/h1-4,9,14H,5-8H2. The second-order valence-corrected chi connectivity index (χ2v) is 4.47. The van der Waals surface area contributed by atoms with Crippen molar-refractivity contribution in [1.82, 2.24) is 5.32 Å². The zero-order valence-corrected chi connectivity index (χ0v) is 9.26. The van der Waals surface area contributed by atoms with Crippen molar-refractivity contribution >= 4 is 17.9 Å². The van der Waals surface area contributed by atoms with Gasteiger partial charge in [-0.05, 0) is 43.6 Å². The molecule has 1 heterocycles. The summed E-state index contributed by atoms with van der Waals surface area (Å²) in [6.45, 7) is 1.81. The Morgan fingerprint density at radius 1 is 1.20 bits per heavy atom. The van der Waals surface area contributed by atoms with Crippen molar-refractivity contribution < 1.29 is 4.79 Å². The predicted octanol–water partition coefficient (Wildman–Crippen LogP) is 2.16. The second kappa shape index (κ2) is 4.33. The van der Waals surface area contributed by atoms with Gasteiger partial charge in [-0.3, -0.25) is 0 Å². The summed E-state index contributed by atoms with van der Waals surface area (Å²) in [5.41, 5.74) is 0.791. The molecule has 0 unspecified atom stereocenters. The average Bonchev–Trinajstić information content (AvgIpc) is 2.31. The normalized spacial score (nSPS) is 19.8. The Bertz CT molecular complexity index is 341. The lowest BCUT2D eigenvalue weighted by atomic mass is 9.74. The van der Waals surface area contributed by atoms with Crippen LogP contribution in [0.1, 0.15) is 18.4 Å². The predicted molar refractivity (Wildman–Crippen MR) is 61.3 cm³/mol. The van der Waals surface area contributed by atoms with Crippen molar-refractivity contribution in [2.45, 2.75) is 18.3 Å². The first-order valence-corrected chi connectivity index (χ1v) is 5.58. The molecule has 1 aromatic carbocycles. The average molecular weight is 224 g/mol. The maximum atomic E-state index is 11.3. The quantitative estimate of drug-likeness (QED) is 0.779. The van der Waals surface area contributed by atoms with Crippen LogP contribution in [-0.2, 0) is 10.2 Å². The van der Waals surface area contributed by atoms with Crippen molar-refractivity contribution in [3.63, 3.8) is 0 Å². The van der Waals surface area contributed by atoms with Crippen molar-refractivity contribution in [3.8, 4) is 0 Å². The van der Waals surface area contributed by atoms with E-state index < -0.39 is 0 Å². The third-order valence-corrected chi connectivity index (χ3v) is 3.39.